The first kappa shape index (κ1) is 23.4. The van der Waals surface area contributed by atoms with Crippen molar-refractivity contribution in [1.82, 2.24) is 9.66 Å². The van der Waals surface area contributed by atoms with Crippen LogP contribution in [-0.4, -0.2) is 28.4 Å². The van der Waals surface area contributed by atoms with Crippen LogP contribution in [0.25, 0.3) is 10.9 Å². The second-order valence-electron chi connectivity index (χ2n) is 6.87. The number of amides is 1. The summed E-state index contributed by atoms with van der Waals surface area (Å²) in [5.41, 5.74) is 6.10. The van der Waals surface area contributed by atoms with Gasteiger partial charge in [-0.15, -0.1) is 0 Å². The zero-order valence-corrected chi connectivity index (χ0v) is 20.7. The molecule has 162 valence electrons. The third kappa shape index (κ3) is 5.34. The van der Waals surface area contributed by atoms with E-state index in [0.29, 0.717) is 32.5 Å². The van der Waals surface area contributed by atoms with Crippen molar-refractivity contribution < 1.29 is 9.53 Å². The summed E-state index contributed by atoms with van der Waals surface area (Å²) in [6.07, 6.45) is 2.32. The number of ether oxygens (including phenoxy) is 1. The molecule has 0 saturated heterocycles. The number of nitrogens with two attached hydrogens (primary N) is 1. The summed E-state index contributed by atoms with van der Waals surface area (Å²) in [7, 11) is 0. The zero-order valence-electron chi connectivity index (χ0n) is 16.7. The maximum absolute atomic E-state index is 13.2. The molecule has 0 aliphatic carbocycles. The molecule has 7 nitrogen and oxygen atoms in total. The van der Waals surface area contributed by atoms with E-state index >= 15 is 0 Å². The Balaban J connectivity index is 2.07. The minimum absolute atomic E-state index is 0.0257. The van der Waals surface area contributed by atoms with Crippen molar-refractivity contribution in [3.8, 4) is 5.75 Å². The standard InChI is InChI=1S/C21H19Br2ClN4O3/c1-3-11(2)20-27-17-5-4-13(22)8-14(17)21(30)28(20)26-9-12-6-15(23)19(16(24)7-12)31-10-18(25)29/h4-9,11H,3,10H2,1-2H3,(H2,25,29)/t11-/m1/s1. The lowest BCUT2D eigenvalue weighted by Gasteiger charge is -2.14. The van der Waals surface area contributed by atoms with Gasteiger partial charge in [-0.3, -0.25) is 9.59 Å². The minimum Gasteiger partial charge on any atom is -0.481 e. The normalized spacial score (nSPS) is 12.4. The summed E-state index contributed by atoms with van der Waals surface area (Å²) in [6, 6.07) is 8.72. The van der Waals surface area contributed by atoms with E-state index in [1.807, 2.05) is 26.0 Å². The number of primary amides is 1. The Morgan fingerprint density at radius 2 is 2.10 bits per heavy atom. The van der Waals surface area contributed by atoms with Crippen LogP contribution in [0.3, 0.4) is 0 Å². The number of hydrogen-bond donors (Lipinski definition) is 1. The first-order chi connectivity index (χ1) is 14.7. The average Bonchev–Trinajstić information content (AvgIpc) is 2.72. The van der Waals surface area contributed by atoms with Crippen molar-refractivity contribution >= 4 is 66.5 Å². The van der Waals surface area contributed by atoms with Gasteiger partial charge < -0.3 is 10.5 Å². The van der Waals surface area contributed by atoms with E-state index in [0.717, 1.165) is 10.9 Å². The van der Waals surface area contributed by atoms with Crippen LogP contribution in [0.2, 0.25) is 5.02 Å². The van der Waals surface area contributed by atoms with Gasteiger partial charge in [0, 0.05) is 10.4 Å². The van der Waals surface area contributed by atoms with Crippen LogP contribution in [0, 0.1) is 0 Å². The predicted molar refractivity (Wildman–Crippen MR) is 129 cm³/mol. The lowest BCUT2D eigenvalue weighted by atomic mass is 10.1. The molecule has 0 radical (unpaired) electrons. The highest BCUT2D eigenvalue weighted by Crippen LogP contribution is 2.34. The molecular formula is C21H19Br2ClN4O3. The quantitative estimate of drug-likeness (QED) is 0.411. The van der Waals surface area contributed by atoms with Crippen molar-refractivity contribution in [3.05, 3.63) is 66.0 Å². The number of aromatic nitrogens is 2. The van der Waals surface area contributed by atoms with Crippen LogP contribution in [0.1, 0.15) is 37.6 Å². The molecule has 3 aromatic rings. The molecule has 10 heteroatoms. The monoisotopic (exact) mass is 568 g/mol. The molecule has 2 aromatic carbocycles. The fourth-order valence-electron chi connectivity index (χ4n) is 2.84. The molecule has 0 aliphatic rings. The Bertz CT molecular complexity index is 1220. The number of fused-ring (bicyclic) bond motifs is 1. The Hall–Kier alpha value is -2.23. The highest BCUT2D eigenvalue weighted by Gasteiger charge is 2.16. The zero-order chi connectivity index (χ0) is 22.7. The SMILES string of the molecule is CC[C@@H](C)c1nc2ccc(Br)cc2c(=O)n1N=Cc1cc(Cl)c(OCC(N)=O)c(Br)c1. The molecule has 1 heterocycles. The van der Waals surface area contributed by atoms with E-state index < -0.39 is 5.91 Å². The molecule has 1 atom stereocenters. The lowest BCUT2D eigenvalue weighted by molar-refractivity contribution is -0.119. The molecule has 1 aromatic heterocycles. The maximum Gasteiger partial charge on any atom is 0.282 e. The molecule has 1 amide bonds. The predicted octanol–water partition coefficient (Wildman–Crippen LogP) is 4.83. The number of rotatable bonds is 7. The third-order valence-corrected chi connectivity index (χ3v) is 5.95. The van der Waals surface area contributed by atoms with Crippen molar-refractivity contribution in [2.75, 3.05) is 6.61 Å². The van der Waals surface area contributed by atoms with Gasteiger partial charge in [-0.25, -0.2) is 4.98 Å². The third-order valence-electron chi connectivity index (χ3n) is 4.59. The molecule has 0 bridgehead atoms. The van der Waals surface area contributed by atoms with Gasteiger partial charge in [0.15, 0.2) is 12.4 Å². The van der Waals surface area contributed by atoms with Crippen LogP contribution < -0.4 is 16.0 Å². The van der Waals surface area contributed by atoms with E-state index in [2.05, 4.69) is 41.9 Å². The van der Waals surface area contributed by atoms with Gasteiger partial charge >= 0.3 is 0 Å². The van der Waals surface area contributed by atoms with Gasteiger partial charge in [0.05, 0.1) is 26.6 Å². The number of halogens is 3. The van der Waals surface area contributed by atoms with Crippen LogP contribution >= 0.6 is 43.5 Å². The topological polar surface area (TPSA) is 99.6 Å². The van der Waals surface area contributed by atoms with E-state index in [1.54, 1.807) is 18.2 Å². The highest BCUT2D eigenvalue weighted by molar-refractivity contribution is 9.10. The van der Waals surface area contributed by atoms with Gasteiger partial charge in [-0.2, -0.15) is 9.78 Å². The van der Waals surface area contributed by atoms with Gasteiger partial charge in [0.25, 0.3) is 11.5 Å². The van der Waals surface area contributed by atoms with E-state index in [4.69, 9.17) is 22.1 Å². The van der Waals surface area contributed by atoms with Crippen molar-refractivity contribution in [2.45, 2.75) is 26.2 Å². The van der Waals surface area contributed by atoms with E-state index in [1.165, 1.54) is 10.9 Å². The summed E-state index contributed by atoms with van der Waals surface area (Å²) >= 11 is 13.0. The van der Waals surface area contributed by atoms with Crippen LogP contribution in [0.15, 0.2) is 49.2 Å². The Kier molecular flexibility index (Phi) is 7.51. The second-order valence-corrected chi connectivity index (χ2v) is 9.05. The maximum atomic E-state index is 13.2. The molecule has 2 N–H and O–H groups in total. The number of carbonyl (C=O) groups excluding carboxylic acids is 1. The van der Waals surface area contributed by atoms with E-state index in [9.17, 15) is 9.59 Å². The summed E-state index contributed by atoms with van der Waals surface area (Å²) in [4.78, 5) is 28.8. The van der Waals surface area contributed by atoms with Gasteiger partial charge in [-0.1, -0.05) is 41.4 Å². The summed E-state index contributed by atoms with van der Waals surface area (Å²) < 4.78 is 7.96. The molecule has 0 fully saturated rings. The van der Waals surface area contributed by atoms with Crippen LogP contribution in [0.4, 0.5) is 0 Å². The summed E-state index contributed by atoms with van der Waals surface area (Å²) in [6.45, 7) is 3.73. The van der Waals surface area contributed by atoms with Gasteiger partial charge in [-0.05, 0) is 58.2 Å². The Labute approximate surface area is 200 Å². The van der Waals surface area contributed by atoms with Crippen LogP contribution in [-0.2, 0) is 4.79 Å². The second kappa shape index (κ2) is 9.93. The van der Waals surface area contributed by atoms with E-state index in [-0.39, 0.29) is 23.1 Å². The Morgan fingerprint density at radius 1 is 1.35 bits per heavy atom. The van der Waals surface area contributed by atoms with Crippen molar-refractivity contribution in [1.29, 1.82) is 0 Å². The summed E-state index contributed by atoms with van der Waals surface area (Å²) in [5, 5.41) is 5.15. The number of nitrogens with zero attached hydrogens (tertiary/aromatic N) is 3. The minimum atomic E-state index is -0.610. The van der Waals surface area contributed by atoms with Crippen LogP contribution in [0.5, 0.6) is 5.75 Å². The fraction of sp³-hybridized carbons (Fsp3) is 0.238. The molecule has 3 rings (SSSR count). The van der Waals surface area contributed by atoms with Crippen molar-refractivity contribution in [2.24, 2.45) is 10.8 Å². The largest absolute Gasteiger partial charge is 0.481 e. The molecule has 31 heavy (non-hydrogen) atoms. The number of carbonyl (C=O) groups is 1. The Morgan fingerprint density at radius 3 is 2.74 bits per heavy atom. The number of benzene rings is 2. The fourth-order valence-corrected chi connectivity index (χ4v) is 4.19. The molecule has 0 saturated carbocycles. The van der Waals surface area contributed by atoms with Crippen molar-refractivity contribution in [3.63, 3.8) is 0 Å². The first-order valence-electron chi connectivity index (χ1n) is 9.38. The molecule has 0 aliphatic heterocycles. The van der Waals surface area contributed by atoms with Gasteiger partial charge in [0.2, 0.25) is 0 Å². The lowest BCUT2D eigenvalue weighted by Crippen LogP contribution is -2.23. The van der Waals surface area contributed by atoms with Gasteiger partial charge in [0.1, 0.15) is 5.82 Å². The highest BCUT2D eigenvalue weighted by atomic mass is 79.9. The summed E-state index contributed by atoms with van der Waals surface area (Å²) in [5.74, 6) is 0.288. The molecular weight excluding hydrogens is 552 g/mol. The smallest absolute Gasteiger partial charge is 0.282 e. The molecule has 0 spiro atoms. The number of hydrogen-bond acceptors (Lipinski definition) is 5. The average molecular weight is 571 g/mol. The first-order valence-corrected chi connectivity index (χ1v) is 11.3. The molecule has 0 unspecified atom stereocenters.